The standard InChI is InChI=1S/C14H13N3O3/c1-2-20-13(18)11-12(17-8-7-15-14(17)19)9-5-3-4-6-10(9)16-11/h3-8,16H,2H2,1H3,(H,15,19). The van der Waals surface area contributed by atoms with Crippen LogP contribution in [0.25, 0.3) is 16.6 Å². The van der Waals surface area contributed by atoms with E-state index in [1.807, 2.05) is 24.3 Å². The number of ether oxygens (including phenoxy) is 1. The van der Waals surface area contributed by atoms with Crippen molar-refractivity contribution in [2.75, 3.05) is 6.61 Å². The molecule has 0 unspecified atom stereocenters. The maximum Gasteiger partial charge on any atom is 0.356 e. The fourth-order valence-electron chi connectivity index (χ4n) is 2.22. The second-order valence-corrected chi connectivity index (χ2v) is 4.25. The lowest BCUT2D eigenvalue weighted by Gasteiger charge is -2.04. The highest BCUT2D eigenvalue weighted by Gasteiger charge is 2.20. The van der Waals surface area contributed by atoms with Crippen LogP contribution in [-0.2, 0) is 4.74 Å². The monoisotopic (exact) mass is 271 g/mol. The van der Waals surface area contributed by atoms with Crippen LogP contribution in [0.3, 0.4) is 0 Å². The van der Waals surface area contributed by atoms with Crippen LogP contribution in [0, 0.1) is 0 Å². The SMILES string of the molecule is CCOC(=O)c1[nH]c2ccccc2c1-n1cc[nH]c1=O. The number of nitrogens with zero attached hydrogens (tertiary/aromatic N) is 1. The first-order valence-electron chi connectivity index (χ1n) is 6.26. The molecule has 0 fully saturated rings. The van der Waals surface area contributed by atoms with Crippen molar-refractivity contribution >= 4 is 16.9 Å². The summed E-state index contributed by atoms with van der Waals surface area (Å²) >= 11 is 0. The van der Waals surface area contributed by atoms with Crippen molar-refractivity contribution < 1.29 is 9.53 Å². The molecule has 0 aliphatic heterocycles. The summed E-state index contributed by atoms with van der Waals surface area (Å²) in [5.74, 6) is -0.480. The second kappa shape index (κ2) is 4.73. The zero-order valence-corrected chi connectivity index (χ0v) is 10.8. The minimum atomic E-state index is -0.480. The van der Waals surface area contributed by atoms with Gasteiger partial charge in [-0.15, -0.1) is 0 Å². The highest BCUT2D eigenvalue weighted by Crippen LogP contribution is 2.25. The highest BCUT2D eigenvalue weighted by atomic mass is 16.5. The predicted octanol–water partition coefficient (Wildman–Crippen LogP) is 1.82. The van der Waals surface area contributed by atoms with Gasteiger partial charge in [0.15, 0.2) is 5.69 Å². The Morgan fingerprint density at radius 3 is 2.85 bits per heavy atom. The van der Waals surface area contributed by atoms with Gasteiger partial charge in [0.2, 0.25) is 0 Å². The Labute approximate surface area is 114 Å². The number of nitrogens with one attached hydrogen (secondary N) is 2. The number of esters is 1. The number of carbonyl (C=O) groups excluding carboxylic acids is 1. The summed E-state index contributed by atoms with van der Waals surface area (Å²) in [6.07, 6.45) is 3.11. The van der Waals surface area contributed by atoms with Gasteiger partial charge in [-0.1, -0.05) is 18.2 Å². The smallest absolute Gasteiger partial charge is 0.356 e. The first kappa shape index (κ1) is 12.3. The van der Waals surface area contributed by atoms with Gasteiger partial charge in [-0.05, 0) is 13.0 Å². The summed E-state index contributed by atoms with van der Waals surface area (Å²) in [5, 5.41) is 0.789. The van der Waals surface area contributed by atoms with E-state index in [9.17, 15) is 9.59 Å². The van der Waals surface area contributed by atoms with Crippen LogP contribution in [0.4, 0.5) is 0 Å². The zero-order valence-electron chi connectivity index (χ0n) is 10.8. The Hall–Kier alpha value is -2.76. The van der Waals surface area contributed by atoms with Gasteiger partial charge in [-0.2, -0.15) is 0 Å². The van der Waals surface area contributed by atoms with E-state index >= 15 is 0 Å². The van der Waals surface area contributed by atoms with Crippen LogP contribution >= 0.6 is 0 Å². The molecule has 6 heteroatoms. The molecule has 0 aliphatic carbocycles. The fraction of sp³-hybridized carbons (Fsp3) is 0.143. The number of rotatable bonds is 3. The van der Waals surface area contributed by atoms with Gasteiger partial charge in [0.05, 0.1) is 12.3 Å². The first-order chi connectivity index (χ1) is 9.72. The molecule has 0 bridgehead atoms. The van der Waals surface area contributed by atoms with E-state index in [0.717, 1.165) is 10.9 Å². The maximum absolute atomic E-state index is 12.1. The fourth-order valence-corrected chi connectivity index (χ4v) is 2.22. The number of benzene rings is 1. The van der Waals surface area contributed by atoms with Crippen LogP contribution in [0.2, 0.25) is 0 Å². The molecule has 0 atom stereocenters. The summed E-state index contributed by atoms with van der Waals surface area (Å²) in [5.41, 5.74) is 1.25. The van der Waals surface area contributed by atoms with Crippen molar-refractivity contribution in [3.8, 4) is 5.69 Å². The van der Waals surface area contributed by atoms with Gasteiger partial charge >= 0.3 is 11.7 Å². The molecule has 0 saturated heterocycles. The van der Waals surface area contributed by atoms with Gasteiger partial charge in [0, 0.05) is 23.3 Å². The van der Waals surface area contributed by atoms with E-state index in [2.05, 4.69) is 9.97 Å². The number of hydrogen-bond donors (Lipinski definition) is 2. The predicted molar refractivity (Wildman–Crippen MR) is 74.2 cm³/mol. The number of H-pyrrole nitrogens is 2. The molecule has 0 aliphatic rings. The number of fused-ring (bicyclic) bond motifs is 1. The third kappa shape index (κ3) is 1.82. The average molecular weight is 271 g/mol. The molecule has 0 saturated carbocycles. The van der Waals surface area contributed by atoms with E-state index in [4.69, 9.17) is 4.74 Å². The quantitative estimate of drug-likeness (QED) is 0.713. The number of para-hydroxylation sites is 1. The number of aromatic amines is 2. The third-order valence-corrected chi connectivity index (χ3v) is 3.05. The Bertz CT molecular complexity index is 825. The lowest BCUT2D eigenvalue weighted by molar-refractivity contribution is 0.0520. The van der Waals surface area contributed by atoms with Gasteiger partial charge in [0.1, 0.15) is 0 Å². The van der Waals surface area contributed by atoms with Crippen molar-refractivity contribution in [3.63, 3.8) is 0 Å². The summed E-state index contributed by atoms with van der Waals surface area (Å²) in [4.78, 5) is 29.5. The molecule has 3 rings (SSSR count). The van der Waals surface area contributed by atoms with Gasteiger partial charge in [-0.25, -0.2) is 9.59 Å². The van der Waals surface area contributed by atoms with E-state index < -0.39 is 5.97 Å². The Balaban J connectivity index is 2.32. The van der Waals surface area contributed by atoms with Crippen LogP contribution in [-0.4, -0.2) is 27.1 Å². The summed E-state index contributed by atoms with van der Waals surface area (Å²) in [6.45, 7) is 2.01. The largest absolute Gasteiger partial charge is 0.461 e. The van der Waals surface area contributed by atoms with E-state index in [1.54, 1.807) is 13.1 Å². The molecule has 6 nitrogen and oxygen atoms in total. The minimum Gasteiger partial charge on any atom is -0.461 e. The molecule has 0 amide bonds. The highest BCUT2D eigenvalue weighted by molar-refractivity contribution is 6.02. The topological polar surface area (TPSA) is 79.9 Å². The Morgan fingerprint density at radius 1 is 1.35 bits per heavy atom. The van der Waals surface area contributed by atoms with E-state index in [1.165, 1.54) is 10.8 Å². The average Bonchev–Trinajstić information content (AvgIpc) is 3.02. The van der Waals surface area contributed by atoms with Crippen molar-refractivity contribution in [2.45, 2.75) is 6.92 Å². The van der Waals surface area contributed by atoms with Crippen LogP contribution < -0.4 is 5.69 Å². The molecule has 0 radical (unpaired) electrons. The van der Waals surface area contributed by atoms with Crippen LogP contribution in [0.5, 0.6) is 0 Å². The molecule has 0 spiro atoms. The lowest BCUT2D eigenvalue weighted by atomic mass is 10.2. The summed E-state index contributed by atoms with van der Waals surface area (Å²) < 4.78 is 6.43. The third-order valence-electron chi connectivity index (χ3n) is 3.05. The normalized spacial score (nSPS) is 10.8. The number of hydrogen-bond acceptors (Lipinski definition) is 3. The molecule has 1 aromatic carbocycles. The molecule has 20 heavy (non-hydrogen) atoms. The number of aromatic nitrogens is 3. The van der Waals surface area contributed by atoms with Crippen molar-refractivity contribution in [1.82, 2.24) is 14.5 Å². The summed E-state index contributed by atoms with van der Waals surface area (Å²) in [6, 6.07) is 7.41. The Kier molecular flexibility index (Phi) is 2.90. The van der Waals surface area contributed by atoms with Gasteiger partial charge < -0.3 is 14.7 Å². The second-order valence-electron chi connectivity index (χ2n) is 4.25. The number of carbonyl (C=O) groups is 1. The Morgan fingerprint density at radius 2 is 2.15 bits per heavy atom. The molecule has 2 N–H and O–H groups in total. The maximum atomic E-state index is 12.1. The van der Waals surface area contributed by atoms with Crippen molar-refractivity contribution in [3.05, 3.63) is 52.8 Å². The summed E-state index contributed by atoms with van der Waals surface area (Å²) in [7, 11) is 0. The van der Waals surface area contributed by atoms with Crippen LogP contribution in [0.1, 0.15) is 17.4 Å². The molecular formula is C14H13N3O3. The number of imidazole rings is 1. The molecule has 2 heterocycles. The molecule has 2 aromatic heterocycles. The molecule has 102 valence electrons. The minimum absolute atomic E-state index is 0.273. The van der Waals surface area contributed by atoms with Crippen LogP contribution in [0.15, 0.2) is 41.5 Å². The molecule has 3 aromatic rings. The van der Waals surface area contributed by atoms with Gasteiger partial charge in [-0.3, -0.25) is 4.57 Å². The lowest BCUT2D eigenvalue weighted by Crippen LogP contribution is -2.17. The van der Waals surface area contributed by atoms with E-state index in [0.29, 0.717) is 5.69 Å². The van der Waals surface area contributed by atoms with Crippen molar-refractivity contribution in [2.24, 2.45) is 0 Å². The molecular weight excluding hydrogens is 258 g/mol. The zero-order chi connectivity index (χ0) is 14.1. The van der Waals surface area contributed by atoms with E-state index in [-0.39, 0.29) is 18.0 Å². The van der Waals surface area contributed by atoms with Crippen molar-refractivity contribution in [1.29, 1.82) is 0 Å². The van der Waals surface area contributed by atoms with Gasteiger partial charge in [0.25, 0.3) is 0 Å². The first-order valence-corrected chi connectivity index (χ1v) is 6.26.